The summed E-state index contributed by atoms with van der Waals surface area (Å²) in [6.07, 6.45) is 2.99. The first-order chi connectivity index (χ1) is 13.5. The number of benzene rings is 1. The number of nitrogens with one attached hydrogen (secondary N) is 1. The Morgan fingerprint density at radius 2 is 2.14 bits per heavy atom. The van der Waals surface area contributed by atoms with Crippen molar-refractivity contribution in [2.45, 2.75) is 32.8 Å². The monoisotopic (exact) mass is 418 g/mol. The Bertz CT molecular complexity index is 1070. The summed E-state index contributed by atoms with van der Waals surface area (Å²) in [5.41, 5.74) is 0.965. The number of nitrogens with zero attached hydrogens (tertiary/aromatic N) is 1. The van der Waals surface area contributed by atoms with Gasteiger partial charge in [0.05, 0.1) is 5.39 Å². The number of thiophene rings is 1. The summed E-state index contributed by atoms with van der Waals surface area (Å²) >= 11 is 7.37. The van der Waals surface area contributed by atoms with Crippen LogP contribution in [-0.4, -0.2) is 22.5 Å². The van der Waals surface area contributed by atoms with E-state index in [4.69, 9.17) is 21.1 Å². The lowest BCUT2D eigenvalue weighted by atomic mass is 9.89. The van der Waals surface area contributed by atoms with E-state index in [1.165, 1.54) is 4.88 Å². The van der Waals surface area contributed by atoms with Gasteiger partial charge in [0.2, 0.25) is 0 Å². The quantitative estimate of drug-likeness (QED) is 0.636. The van der Waals surface area contributed by atoms with Crippen LogP contribution < -0.4 is 10.3 Å². The zero-order valence-corrected chi connectivity index (χ0v) is 16.9. The van der Waals surface area contributed by atoms with E-state index in [2.05, 4.69) is 16.9 Å². The topological polar surface area (TPSA) is 81.3 Å². The highest BCUT2D eigenvalue weighted by Gasteiger charge is 2.23. The molecule has 2 aromatic heterocycles. The summed E-state index contributed by atoms with van der Waals surface area (Å²) in [5.74, 6) is 0.939. The molecule has 1 aliphatic rings. The second kappa shape index (κ2) is 7.93. The van der Waals surface area contributed by atoms with Crippen molar-refractivity contribution in [2.24, 2.45) is 5.92 Å². The summed E-state index contributed by atoms with van der Waals surface area (Å²) in [6.45, 7) is 1.88. The molecule has 1 atom stereocenters. The highest BCUT2D eigenvalue weighted by Crippen LogP contribution is 2.35. The number of carbonyl (C=O) groups excluding carboxylic acids is 1. The fourth-order valence-electron chi connectivity index (χ4n) is 3.33. The molecule has 0 radical (unpaired) electrons. The van der Waals surface area contributed by atoms with Crippen molar-refractivity contribution >= 4 is 39.1 Å². The van der Waals surface area contributed by atoms with Crippen LogP contribution in [0, 0.1) is 5.92 Å². The van der Waals surface area contributed by atoms with E-state index in [0.717, 1.165) is 24.8 Å². The number of hydrogen-bond acceptors (Lipinski definition) is 6. The zero-order valence-electron chi connectivity index (χ0n) is 15.3. The van der Waals surface area contributed by atoms with Gasteiger partial charge >= 0.3 is 5.97 Å². The molecule has 146 valence electrons. The minimum absolute atomic E-state index is 0.104. The van der Waals surface area contributed by atoms with Crippen LogP contribution >= 0.6 is 22.9 Å². The molecular formula is C20H19ClN2O4S. The van der Waals surface area contributed by atoms with Crippen molar-refractivity contribution in [2.75, 3.05) is 6.61 Å². The first-order valence-corrected chi connectivity index (χ1v) is 10.3. The second-order valence-corrected chi connectivity index (χ2v) is 8.47. The molecule has 1 aliphatic carbocycles. The summed E-state index contributed by atoms with van der Waals surface area (Å²) < 4.78 is 10.5. The predicted molar refractivity (Wildman–Crippen MR) is 108 cm³/mol. The van der Waals surface area contributed by atoms with Gasteiger partial charge < -0.3 is 14.5 Å². The molecule has 2 heterocycles. The van der Waals surface area contributed by atoms with Gasteiger partial charge in [-0.1, -0.05) is 18.5 Å². The predicted octanol–water partition coefficient (Wildman–Crippen LogP) is 3.89. The highest BCUT2D eigenvalue weighted by atomic mass is 35.5. The molecule has 0 fully saturated rings. The van der Waals surface area contributed by atoms with Crippen LogP contribution in [0.2, 0.25) is 5.02 Å². The van der Waals surface area contributed by atoms with Gasteiger partial charge in [-0.15, -0.1) is 11.3 Å². The molecule has 8 heteroatoms. The number of halogens is 1. The average molecular weight is 419 g/mol. The molecule has 0 amide bonds. The van der Waals surface area contributed by atoms with Crippen LogP contribution in [0.25, 0.3) is 10.2 Å². The van der Waals surface area contributed by atoms with Crippen molar-refractivity contribution in [3.8, 4) is 5.75 Å². The number of hydrogen-bond donors (Lipinski definition) is 1. The maximum Gasteiger partial charge on any atom is 0.344 e. The smallest absolute Gasteiger partial charge is 0.344 e. The van der Waals surface area contributed by atoms with Crippen LogP contribution in [0.3, 0.4) is 0 Å². The highest BCUT2D eigenvalue weighted by molar-refractivity contribution is 7.18. The van der Waals surface area contributed by atoms with E-state index in [9.17, 15) is 9.59 Å². The lowest BCUT2D eigenvalue weighted by molar-refractivity contribution is -0.147. The third kappa shape index (κ3) is 4.05. The van der Waals surface area contributed by atoms with Gasteiger partial charge in [0.1, 0.15) is 23.0 Å². The maximum absolute atomic E-state index is 12.5. The summed E-state index contributed by atoms with van der Waals surface area (Å²) in [5, 5.41) is 1.28. The molecule has 0 saturated carbocycles. The Balaban J connectivity index is 1.41. The Labute approximate surface area is 170 Å². The molecule has 0 aliphatic heterocycles. The van der Waals surface area contributed by atoms with Gasteiger partial charge in [-0.05, 0) is 55.0 Å². The molecule has 0 unspecified atom stereocenters. The van der Waals surface area contributed by atoms with Gasteiger partial charge in [0, 0.05) is 9.90 Å². The van der Waals surface area contributed by atoms with E-state index in [1.54, 1.807) is 35.6 Å². The Kier molecular flexibility index (Phi) is 5.37. The van der Waals surface area contributed by atoms with Gasteiger partial charge in [-0.25, -0.2) is 9.78 Å². The minimum Gasteiger partial charge on any atom is -0.482 e. The molecule has 4 rings (SSSR count). The summed E-state index contributed by atoms with van der Waals surface area (Å²) in [6, 6.07) is 6.69. The zero-order chi connectivity index (χ0) is 19.7. The normalized spacial score (nSPS) is 16.0. The summed E-state index contributed by atoms with van der Waals surface area (Å²) in [4.78, 5) is 33.6. The number of ether oxygens (including phenoxy) is 2. The van der Waals surface area contributed by atoms with Crippen molar-refractivity contribution in [3.05, 3.63) is 55.9 Å². The third-order valence-electron chi connectivity index (χ3n) is 4.75. The first-order valence-electron chi connectivity index (χ1n) is 9.07. The van der Waals surface area contributed by atoms with E-state index >= 15 is 0 Å². The number of carbonyl (C=O) groups is 1. The molecule has 1 aromatic carbocycles. The van der Waals surface area contributed by atoms with Crippen LogP contribution in [0.5, 0.6) is 5.75 Å². The lowest BCUT2D eigenvalue weighted by Crippen LogP contribution is -2.18. The number of aromatic amines is 1. The fourth-order valence-corrected chi connectivity index (χ4v) is 4.85. The van der Waals surface area contributed by atoms with Crippen LogP contribution in [0.15, 0.2) is 29.1 Å². The molecule has 0 saturated heterocycles. The lowest BCUT2D eigenvalue weighted by Gasteiger charge is -2.17. The van der Waals surface area contributed by atoms with Crippen molar-refractivity contribution in [1.82, 2.24) is 9.97 Å². The second-order valence-electron chi connectivity index (χ2n) is 6.95. The SMILES string of the molecule is C[C@@H]1CCc2c(sc3nc(COC(=O)COc4ccc(Cl)cc4)[nH]c(=O)c23)C1. The number of H-pyrrole nitrogens is 1. The van der Waals surface area contributed by atoms with Crippen LogP contribution in [-0.2, 0) is 29.0 Å². The van der Waals surface area contributed by atoms with Gasteiger partial charge in [-0.3, -0.25) is 4.79 Å². The average Bonchev–Trinajstić information content (AvgIpc) is 3.03. The van der Waals surface area contributed by atoms with E-state index in [-0.39, 0.29) is 18.8 Å². The van der Waals surface area contributed by atoms with Crippen molar-refractivity contribution in [3.63, 3.8) is 0 Å². The largest absolute Gasteiger partial charge is 0.482 e. The molecule has 1 N–H and O–H groups in total. The number of esters is 1. The number of fused-ring (bicyclic) bond motifs is 3. The van der Waals surface area contributed by atoms with Gasteiger partial charge in [-0.2, -0.15) is 0 Å². The van der Waals surface area contributed by atoms with Crippen LogP contribution in [0.4, 0.5) is 0 Å². The Morgan fingerprint density at radius 1 is 1.36 bits per heavy atom. The van der Waals surface area contributed by atoms with Gasteiger partial charge in [0.25, 0.3) is 5.56 Å². The van der Waals surface area contributed by atoms with E-state index in [0.29, 0.717) is 32.7 Å². The molecular weight excluding hydrogens is 400 g/mol. The Morgan fingerprint density at radius 3 is 2.93 bits per heavy atom. The molecule has 28 heavy (non-hydrogen) atoms. The fraction of sp³-hybridized carbons (Fsp3) is 0.350. The first kappa shape index (κ1) is 19.0. The van der Waals surface area contributed by atoms with Crippen molar-refractivity contribution in [1.29, 1.82) is 0 Å². The van der Waals surface area contributed by atoms with E-state index < -0.39 is 5.97 Å². The minimum atomic E-state index is -0.544. The van der Waals surface area contributed by atoms with E-state index in [1.807, 2.05) is 0 Å². The number of aryl methyl sites for hydroxylation is 1. The Hall–Kier alpha value is -2.38. The van der Waals surface area contributed by atoms with Crippen molar-refractivity contribution < 1.29 is 14.3 Å². The summed E-state index contributed by atoms with van der Waals surface area (Å²) in [7, 11) is 0. The van der Waals surface area contributed by atoms with Gasteiger partial charge in [0.15, 0.2) is 6.61 Å². The standard InChI is InChI=1S/C20H19ClN2O4S/c1-11-2-7-14-15(8-11)28-20-18(14)19(25)22-16(23-20)9-27-17(24)10-26-13-5-3-12(21)4-6-13/h3-6,11H,2,7-10H2,1H3,(H,22,23,25)/t11-/m1/s1. The number of aromatic nitrogens is 2. The third-order valence-corrected chi connectivity index (χ3v) is 6.15. The van der Waals surface area contributed by atoms with Crippen LogP contribution in [0.1, 0.15) is 29.6 Å². The number of rotatable bonds is 5. The molecule has 0 spiro atoms. The maximum atomic E-state index is 12.5. The molecule has 0 bridgehead atoms. The molecule has 3 aromatic rings. The molecule has 6 nitrogen and oxygen atoms in total.